The monoisotopic (exact) mass is 560 g/mol. The van der Waals surface area contributed by atoms with Crippen molar-refractivity contribution in [1.29, 1.82) is 0 Å². The van der Waals surface area contributed by atoms with E-state index in [4.69, 9.17) is 13.3 Å². The summed E-state index contributed by atoms with van der Waals surface area (Å²) in [6.45, 7) is 0.266. The van der Waals surface area contributed by atoms with Gasteiger partial charge in [0.2, 0.25) is 0 Å². The van der Waals surface area contributed by atoms with Crippen LogP contribution in [0, 0.1) is 0 Å². The molecule has 0 aliphatic heterocycles. The molecule has 0 atom stereocenters. The minimum atomic E-state index is -4.70. The van der Waals surface area contributed by atoms with Gasteiger partial charge in [-0.25, -0.2) is 4.79 Å². The molecule has 0 saturated carbocycles. The van der Waals surface area contributed by atoms with E-state index in [9.17, 15) is 26.4 Å². The number of hydrogen-bond acceptors (Lipinski definition) is 6. The maximum Gasteiger partial charge on any atom is 0.416 e. The van der Waals surface area contributed by atoms with Crippen LogP contribution in [-0.2, 0) is 29.4 Å². The van der Waals surface area contributed by atoms with Gasteiger partial charge in [0.1, 0.15) is 22.2 Å². The average Bonchev–Trinajstić information content (AvgIpc) is 3.42. The Bertz CT molecular complexity index is 1520. The summed E-state index contributed by atoms with van der Waals surface area (Å²) in [6, 6.07) is 18.9. The van der Waals surface area contributed by atoms with Crippen molar-refractivity contribution < 1.29 is 39.7 Å². The molecule has 12 heteroatoms. The van der Waals surface area contributed by atoms with Crippen LogP contribution in [0.25, 0.3) is 0 Å². The van der Waals surface area contributed by atoms with Crippen molar-refractivity contribution >= 4 is 21.8 Å². The van der Waals surface area contributed by atoms with Crippen molar-refractivity contribution in [1.82, 2.24) is 4.90 Å². The summed E-state index contributed by atoms with van der Waals surface area (Å²) < 4.78 is 79.7. The Kier molecular flexibility index (Phi) is 8.15. The van der Waals surface area contributed by atoms with Crippen LogP contribution < -0.4 is 14.2 Å². The summed E-state index contributed by atoms with van der Waals surface area (Å²) >= 11 is 0. The number of halogens is 3. The number of nitrogens with zero attached hydrogens (tertiary/aromatic N) is 1. The van der Waals surface area contributed by atoms with Crippen molar-refractivity contribution in [3.8, 4) is 11.5 Å². The van der Waals surface area contributed by atoms with Crippen molar-refractivity contribution in [2.45, 2.75) is 24.2 Å². The molecule has 0 aliphatic rings. The molecule has 3 aromatic carbocycles. The minimum Gasteiger partial charge on any atom is -0.497 e. The second-order valence-electron chi connectivity index (χ2n) is 8.30. The fraction of sp³-hybridized carbons (Fsp3) is 0.148. The van der Waals surface area contributed by atoms with Crippen molar-refractivity contribution in [2.75, 3.05) is 12.4 Å². The number of nitrogens with one attached hydrogen (secondary N) is 1. The smallest absolute Gasteiger partial charge is 0.416 e. The van der Waals surface area contributed by atoms with Crippen LogP contribution in [0.1, 0.15) is 16.9 Å². The highest BCUT2D eigenvalue weighted by Crippen LogP contribution is 2.31. The van der Waals surface area contributed by atoms with Gasteiger partial charge in [-0.05, 0) is 60.2 Å². The summed E-state index contributed by atoms with van der Waals surface area (Å²) in [5.41, 5.74) is 0.0462. The minimum absolute atomic E-state index is 0.102. The molecule has 0 aliphatic carbocycles. The molecule has 204 valence electrons. The van der Waals surface area contributed by atoms with Crippen LogP contribution in [0.2, 0.25) is 0 Å². The first-order valence-electron chi connectivity index (χ1n) is 11.5. The Labute approximate surface area is 222 Å². The van der Waals surface area contributed by atoms with Gasteiger partial charge in [-0.3, -0.25) is 0 Å². The number of methoxy groups -OCH3 is 1. The Morgan fingerprint density at radius 3 is 2.33 bits per heavy atom. The zero-order chi connectivity index (χ0) is 28.0. The number of amides is 2. The molecule has 0 spiro atoms. The van der Waals surface area contributed by atoms with E-state index in [0.29, 0.717) is 28.8 Å². The summed E-state index contributed by atoms with van der Waals surface area (Å²) in [7, 11) is -3.00. The molecule has 0 bridgehead atoms. The first kappa shape index (κ1) is 27.6. The van der Waals surface area contributed by atoms with E-state index >= 15 is 0 Å². The second-order valence-corrected chi connectivity index (χ2v) is 9.85. The topological polar surface area (TPSA) is 98.1 Å². The number of rotatable bonds is 9. The number of alkyl halides is 3. The molecular formula is C27H23F3N2O6S. The molecule has 0 unspecified atom stereocenters. The molecule has 0 fully saturated rings. The molecule has 1 N–H and O–H groups in total. The predicted octanol–water partition coefficient (Wildman–Crippen LogP) is 6.31. The number of carbonyl (C=O) groups excluding carboxylic acids is 1. The largest absolute Gasteiger partial charge is 0.497 e. The van der Waals surface area contributed by atoms with E-state index in [1.54, 1.807) is 48.5 Å². The first-order valence-corrected chi connectivity index (χ1v) is 12.9. The standard InChI is InChI=1S/C27H23F3N2O6S/c1-36-23-7-3-6-21(16-23)31-26(33)32(18-24-8-4-14-37-24)17-19-10-12-22(13-11-19)38-39(34,35)25-9-2-5-20(15-25)27(28,29)30/h2-16H,17-18H2,1H3,(H,31,33). The van der Waals surface area contributed by atoms with E-state index < -0.39 is 32.8 Å². The lowest BCUT2D eigenvalue weighted by Gasteiger charge is -2.22. The van der Waals surface area contributed by atoms with Gasteiger partial charge in [0.25, 0.3) is 0 Å². The third kappa shape index (κ3) is 7.32. The van der Waals surface area contributed by atoms with E-state index in [0.717, 1.165) is 18.2 Å². The number of ether oxygens (including phenoxy) is 1. The van der Waals surface area contributed by atoms with Gasteiger partial charge in [0.15, 0.2) is 0 Å². The van der Waals surface area contributed by atoms with Crippen molar-refractivity contribution in [3.05, 3.63) is 108 Å². The lowest BCUT2D eigenvalue weighted by Crippen LogP contribution is -2.34. The summed E-state index contributed by atoms with van der Waals surface area (Å²) in [4.78, 5) is 14.0. The maximum atomic E-state index is 13.1. The fourth-order valence-corrected chi connectivity index (χ4v) is 4.54. The molecule has 1 heterocycles. The third-order valence-electron chi connectivity index (χ3n) is 5.49. The lowest BCUT2D eigenvalue weighted by molar-refractivity contribution is -0.137. The number of furan rings is 1. The highest BCUT2D eigenvalue weighted by Gasteiger charge is 2.32. The molecule has 4 rings (SSSR count). The zero-order valence-electron chi connectivity index (χ0n) is 20.5. The van der Waals surface area contributed by atoms with Gasteiger partial charge in [0, 0.05) is 18.3 Å². The lowest BCUT2D eigenvalue weighted by atomic mass is 10.2. The van der Waals surface area contributed by atoms with E-state index in [1.165, 1.54) is 30.4 Å². The Balaban J connectivity index is 1.48. The molecule has 2 amide bonds. The molecule has 39 heavy (non-hydrogen) atoms. The fourth-order valence-electron chi connectivity index (χ4n) is 3.57. The molecular weight excluding hydrogens is 537 g/mol. The third-order valence-corrected chi connectivity index (χ3v) is 6.73. The first-order chi connectivity index (χ1) is 18.5. The summed E-state index contributed by atoms with van der Waals surface area (Å²) in [6.07, 6.45) is -3.21. The van der Waals surface area contributed by atoms with Crippen LogP contribution >= 0.6 is 0 Å². The van der Waals surface area contributed by atoms with Crippen LogP contribution in [0.4, 0.5) is 23.7 Å². The van der Waals surface area contributed by atoms with Gasteiger partial charge in [-0.1, -0.05) is 24.3 Å². The molecule has 0 radical (unpaired) electrons. The van der Waals surface area contributed by atoms with E-state index in [2.05, 4.69) is 5.32 Å². The van der Waals surface area contributed by atoms with Crippen LogP contribution in [-0.4, -0.2) is 26.5 Å². The van der Waals surface area contributed by atoms with E-state index in [-0.39, 0.29) is 18.8 Å². The molecule has 0 saturated heterocycles. The van der Waals surface area contributed by atoms with Gasteiger partial charge in [-0.15, -0.1) is 0 Å². The van der Waals surface area contributed by atoms with Gasteiger partial charge in [0.05, 0.1) is 25.5 Å². The number of hydrogen-bond donors (Lipinski definition) is 1. The van der Waals surface area contributed by atoms with Gasteiger partial charge < -0.3 is 23.6 Å². The second kappa shape index (κ2) is 11.5. The molecule has 8 nitrogen and oxygen atoms in total. The molecule has 1 aromatic heterocycles. The Morgan fingerprint density at radius 2 is 1.67 bits per heavy atom. The van der Waals surface area contributed by atoms with Gasteiger partial charge >= 0.3 is 22.3 Å². The van der Waals surface area contributed by atoms with Crippen LogP contribution in [0.3, 0.4) is 0 Å². The molecule has 4 aromatic rings. The van der Waals surface area contributed by atoms with E-state index in [1.807, 2.05) is 0 Å². The average molecular weight is 561 g/mol. The Morgan fingerprint density at radius 1 is 0.923 bits per heavy atom. The van der Waals surface area contributed by atoms with Crippen LogP contribution in [0.15, 0.2) is 101 Å². The zero-order valence-corrected chi connectivity index (χ0v) is 21.3. The van der Waals surface area contributed by atoms with Gasteiger partial charge in [-0.2, -0.15) is 21.6 Å². The normalized spacial score (nSPS) is 11.6. The van der Waals surface area contributed by atoms with Crippen LogP contribution in [0.5, 0.6) is 11.5 Å². The quantitative estimate of drug-likeness (QED) is 0.241. The Hall–Kier alpha value is -4.45. The highest BCUT2D eigenvalue weighted by atomic mass is 32.2. The van der Waals surface area contributed by atoms with Crippen molar-refractivity contribution in [3.63, 3.8) is 0 Å². The maximum absolute atomic E-state index is 13.1. The number of carbonyl (C=O) groups is 1. The van der Waals surface area contributed by atoms with Crippen molar-refractivity contribution in [2.24, 2.45) is 0 Å². The number of benzene rings is 3. The number of anilines is 1. The number of urea groups is 1. The summed E-state index contributed by atoms with van der Waals surface area (Å²) in [5, 5.41) is 2.81. The highest BCUT2D eigenvalue weighted by molar-refractivity contribution is 7.87. The SMILES string of the molecule is COc1cccc(NC(=O)N(Cc2ccc(OS(=O)(=O)c3cccc(C(F)(F)F)c3)cc2)Cc2ccco2)c1. The summed E-state index contributed by atoms with van der Waals surface area (Å²) in [5.74, 6) is 1.01. The predicted molar refractivity (Wildman–Crippen MR) is 136 cm³/mol.